The van der Waals surface area contributed by atoms with Gasteiger partial charge in [-0.15, -0.1) is 0 Å². The monoisotopic (exact) mass is 452 g/mol. The summed E-state index contributed by atoms with van der Waals surface area (Å²) in [6, 6.07) is 9.59. The fourth-order valence-electron chi connectivity index (χ4n) is 3.46. The van der Waals surface area contributed by atoms with Crippen LogP contribution in [0.1, 0.15) is 27.8 Å². The molecule has 4 rings (SSSR count). The van der Waals surface area contributed by atoms with Crippen molar-refractivity contribution >= 4 is 11.8 Å². The highest BCUT2D eigenvalue weighted by Gasteiger charge is 2.23. The second kappa shape index (κ2) is 9.51. The van der Waals surface area contributed by atoms with Gasteiger partial charge in [-0.2, -0.15) is 0 Å². The molecule has 3 aromatic rings. The fourth-order valence-corrected chi connectivity index (χ4v) is 3.46. The summed E-state index contributed by atoms with van der Waals surface area (Å²) in [5.41, 5.74) is 1.08. The third kappa shape index (κ3) is 4.84. The summed E-state index contributed by atoms with van der Waals surface area (Å²) in [5, 5.41) is 5.56. The van der Waals surface area contributed by atoms with Gasteiger partial charge >= 0.3 is 0 Å². The lowest BCUT2D eigenvalue weighted by Gasteiger charge is -2.20. The van der Waals surface area contributed by atoms with E-state index in [1.54, 1.807) is 63.0 Å². The topological polar surface area (TPSA) is 113 Å². The Hall–Kier alpha value is -4.21. The van der Waals surface area contributed by atoms with Crippen LogP contribution in [-0.2, 0) is 11.8 Å². The number of rotatable bonds is 8. The minimum Gasteiger partial charge on any atom is -0.497 e. The van der Waals surface area contributed by atoms with Crippen LogP contribution in [-0.4, -0.2) is 48.9 Å². The molecule has 172 valence electrons. The van der Waals surface area contributed by atoms with E-state index in [-0.39, 0.29) is 19.2 Å². The maximum absolute atomic E-state index is 12.8. The number of nitrogens with one attached hydrogen (secondary N) is 2. The second-order valence-corrected chi connectivity index (χ2v) is 7.29. The van der Waals surface area contributed by atoms with Crippen LogP contribution in [0.4, 0.5) is 0 Å². The van der Waals surface area contributed by atoms with Crippen LogP contribution in [0.15, 0.2) is 48.8 Å². The number of hydrogen-bond donors (Lipinski definition) is 2. The summed E-state index contributed by atoms with van der Waals surface area (Å²) >= 11 is 0. The van der Waals surface area contributed by atoms with Crippen molar-refractivity contribution in [3.05, 3.63) is 65.7 Å². The Morgan fingerprint density at radius 3 is 2.48 bits per heavy atom. The highest BCUT2D eigenvalue weighted by Crippen LogP contribution is 2.32. The Labute approximate surface area is 190 Å². The number of ether oxygens (including phenoxy) is 4. The first-order valence-corrected chi connectivity index (χ1v) is 10.2. The highest BCUT2D eigenvalue weighted by atomic mass is 16.7. The molecule has 10 heteroatoms. The molecule has 0 saturated heterocycles. The predicted molar refractivity (Wildman–Crippen MR) is 118 cm³/mol. The standard InChI is InChI=1S/C23H24N4O6/c1-27-7-6-24-22(27)21(15-8-16(30-2)11-17(9-15)31-3)26-20(28)12-25-23(29)14-4-5-18-19(10-14)33-13-32-18/h4-11,21H,12-13H2,1-3H3,(H,25,29)(H,26,28)/t21-/m1/s1. The molecule has 2 N–H and O–H groups in total. The van der Waals surface area contributed by atoms with Gasteiger partial charge in [-0.1, -0.05) is 0 Å². The zero-order chi connectivity index (χ0) is 23.4. The zero-order valence-electron chi connectivity index (χ0n) is 18.5. The van der Waals surface area contributed by atoms with Crippen molar-refractivity contribution in [3.63, 3.8) is 0 Å². The number of imidazole rings is 1. The van der Waals surface area contributed by atoms with Crippen molar-refractivity contribution in [1.82, 2.24) is 20.2 Å². The molecule has 1 aliphatic rings. The highest BCUT2D eigenvalue weighted by molar-refractivity contribution is 5.97. The van der Waals surface area contributed by atoms with Crippen molar-refractivity contribution in [1.29, 1.82) is 0 Å². The van der Waals surface area contributed by atoms with E-state index in [1.807, 2.05) is 11.6 Å². The molecular weight excluding hydrogens is 428 g/mol. The van der Waals surface area contributed by atoms with Crippen LogP contribution in [0.25, 0.3) is 0 Å². The normalized spacial score (nSPS) is 12.7. The number of benzene rings is 2. The van der Waals surface area contributed by atoms with Gasteiger partial charge in [0.15, 0.2) is 11.5 Å². The molecule has 33 heavy (non-hydrogen) atoms. The lowest BCUT2D eigenvalue weighted by molar-refractivity contribution is -0.120. The number of carbonyl (C=O) groups is 2. The second-order valence-electron chi connectivity index (χ2n) is 7.29. The minimum atomic E-state index is -0.594. The molecule has 2 amide bonds. The Morgan fingerprint density at radius 1 is 1.09 bits per heavy atom. The van der Waals surface area contributed by atoms with Crippen molar-refractivity contribution in [2.45, 2.75) is 6.04 Å². The Bertz CT molecular complexity index is 1150. The summed E-state index contributed by atoms with van der Waals surface area (Å²) in [6.07, 6.45) is 3.43. The van der Waals surface area contributed by atoms with Crippen LogP contribution in [0.3, 0.4) is 0 Å². The molecule has 0 saturated carbocycles. The molecule has 0 unspecified atom stereocenters. The van der Waals surface area contributed by atoms with Gasteiger partial charge in [0.25, 0.3) is 5.91 Å². The third-order valence-electron chi connectivity index (χ3n) is 5.17. The summed E-state index contributed by atoms with van der Waals surface area (Å²) in [6.45, 7) is -0.109. The van der Waals surface area contributed by atoms with Gasteiger partial charge < -0.3 is 34.1 Å². The molecule has 2 aromatic carbocycles. The zero-order valence-corrected chi connectivity index (χ0v) is 18.5. The summed E-state index contributed by atoms with van der Waals surface area (Å²) in [4.78, 5) is 29.7. The molecule has 0 aliphatic carbocycles. The molecule has 10 nitrogen and oxygen atoms in total. The van der Waals surface area contributed by atoms with E-state index in [4.69, 9.17) is 18.9 Å². The van der Waals surface area contributed by atoms with E-state index < -0.39 is 11.9 Å². The molecule has 1 atom stereocenters. The summed E-state index contributed by atoms with van der Waals surface area (Å²) in [5.74, 6) is 2.05. The largest absolute Gasteiger partial charge is 0.497 e. The molecule has 0 spiro atoms. The number of nitrogens with zero attached hydrogens (tertiary/aromatic N) is 2. The first kappa shape index (κ1) is 22.0. The molecule has 0 bridgehead atoms. The van der Waals surface area contributed by atoms with E-state index in [0.717, 1.165) is 5.56 Å². The van der Waals surface area contributed by atoms with Crippen LogP contribution in [0, 0.1) is 0 Å². The fraction of sp³-hybridized carbons (Fsp3) is 0.261. The number of carbonyl (C=O) groups excluding carboxylic acids is 2. The van der Waals surface area contributed by atoms with Crippen molar-refractivity contribution in [2.75, 3.05) is 27.6 Å². The Morgan fingerprint density at radius 2 is 1.82 bits per heavy atom. The third-order valence-corrected chi connectivity index (χ3v) is 5.17. The van der Waals surface area contributed by atoms with Gasteiger partial charge in [-0.3, -0.25) is 9.59 Å². The average molecular weight is 452 g/mol. The van der Waals surface area contributed by atoms with E-state index >= 15 is 0 Å². The number of amides is 2. The molecule has 1 aromatic heterocycles. The number of hydrogen-bond acceptors (Lipinski definition) is 7. The van der Waals surface area contributed by atoms with Gasteiger partial charge in [0.05, 0.1) is 20.8 Å². The van der Waals surface area contributed by atoms with Crippen molar-refractivity contribution in [2.24, 2.45) is 7.05 Å². The van der Waals surface area contributed by atoms with Crippen LogP contribution in [0.2, 0.25) is 0 Å². The van der Waals surface area contributed by atoms with E-state index in [1.165, 1.54) is 0 Å². The molecular formula is C23H24N4O6. The minimum absolute atomic E-state index is 0.118. The van der Waals surface area contributed by atoms with Crippen LogP contribution < -0.4 is 29.6 Å². The quantitative estimate of drug-likeness (QED) is 0.536. The van der Waals surface area contributed by atoms with E-state index in [9.17, 15) is 9.59 Å². The van der Waals surface area contributed by atoms with Gasteiger partial charge in [-0.05, 0) is 35.9 Å². The predicted octanol–water partition coefficient (Wildman–Crippen LogP) is 1.80. The SMILES string of the molecule is COc1cc(OC)cc([C@@H](NC(=O)CNC(=O)c2ccc3c(c2)OCO3)c2nccn2C)c1. The van der Waals surface area contributed by atoms with Crippen LogP contribution in [0.5, 0.6) is 23.0 Å². The number of aromatic nitrogens is 2. The number of methoxy groups -OCH3 is 2. The van der Waals surface area contributed by atoms with Gasteiger partial charge in [0.2, 0.25) is 12.7 Å². The van der Waals surface area contributed by atoms with Gasteiger partial charge in [0, 0.05) is 31.1 Å². The molecule has 0 radical (unpaired) electrons. The van der Waals surface area contributed by atoms with Gasteiger partial charge in [-0.25, -0.2) is 4.98 Å². The lowest BCUT2D eigenvalue weighted by atomic mass is 10.0. The maximum atomic E-state index is 12.8. The van der Waals surface area contributed by atoms with Crippen LogP contribution >= 0.6 is 0 Å². The van der Waals surface area contributed by atoms with E-state index in [0.29, 0.717) is 34.4 Å². The first-order valence-electron chi connectivity index (χ1n) is 10.2. The molecule has 2 heterocycles. The Kier molecular flexibility index (Phi) is 6.34. The first-order chi connectivity index (χ1) is 16.0. The summed E-state index contributed by atoms with van der Waals surface area (Å²) in [7, 11) is 4.94. The smallest absolute Gasteiger partial charge is 0.251 e. The number of fused-ring (bicyclic) bond motifs is 1. The van der Waals surface area contributed by atoms with Crippen molar-refractivity contribution in [3.8, 4) is 23.0 Å². The lowest BCUT2D eigenvalue weighted by Crippen LogP contribution is -2.39. The average Bonchev–Trinajstić information content (AvgIpc) is 3.48. The maximum Gasteiger partial charge on any atom is 0.251 e. The van der Waals surface area contributed by atoms with E-state index in [2.05, 4.69) is 15.6 Å². The Balaban J connectivity index is 1.49. The molecule has 1 aliphatic heterocycles. The van der Waals surface area contributed by atoms with Gasteiger partial charge in [0.1, 0.15) is 23.4 Å². The summed E-state index contributed by atoms with van der Waals surface area (Å²) < 4.78 is 23.1. The number of aryl methyl sites for hydroxylation is 1. The van der Waals surface area contributed by atoms with Crippen molar-refractivity contribution < 1.29 is 28.5 Å². The molecule has 0 fully saturated rings.